The Balaban J connectivity index is 0.000000861. The Morgan fingerprint density at radius 3 is 2.26 bits per heavy atom. The lowest BCUT2D eigenvalue weighted by Gasteiger charge is -2.52. The van der Waals surface area contributed by atoms with Crippen molar-refractivity contribution in [3.8, 4) is 0 Å². The molecule has 0 aromatic carbocycles. The van der Waals surface area contributed by atoms with Gasteiger partial charge in [0.2, 0.25) is 0 Å². The summed E-state index contributed by atoms with van der Waals surface area (Å²) in [4.78, 5) is 2.60. The molecule has 1 aliphatic heterocycles. The third-order valence-electron chi connectivity index (χ3n) is 4.91. The Labute approximate surface area is 120 Å². The van der Waals surface area contributed by atoms with Crippen LogP contribution < -0.4 is 0 Å². The molecule has 0 bridgehead atoms. The van der Waals surface area contributed by atoms with Crippen LogP contribution in [0.1, 0.15) is 66.2 Å². The molecule has 1 spiro atoms. The molecule has 2 fully saturated rings. The van der Waals surface area contributed by atoms with Gasteiger partial charge in [-0.2, -0.15) is 0 Å². The quantitative estimate of drug-likeness (QED) is 0.665. The Morgan fingerprint density at radius 2 is 1.74 bits per heavy atom. The maximum atomic E-state index is 5.41. The molecule has 0 aromatic rings. The minimum absolute atomic E-state index is 0.766. The lowest BCUT2D eigenvalue weighted by molar-refractivity contribution is -0.0180. The normalized spacial score (nSPS) is 22.7. The summed E-state index contributed by atoms with van der Waals surface area (Å²) in [5, 5.41) is 0. The largest absolute Gasteiger partial charge is 0.382 e. The highest BCUT2D eigenvalue weighted by Gasteiger charge is 2.44. The second kappa shape index (κ2) is 8.97. The van der Waals surface area contributed by atoms with Crippen LogP contribution in [0.5, 0.6) is 0 Å². The third-order valence-corrected chi connectivity index (χ3v) is 4.91. The first-order valence-electron chi connectivity index (χ1n) is 8.58. The molecule has 1 saturated carbocycles. The molecule has 0 aromatic heterocycles. The summed E-state index contributed by atoms with van der Waals surface area (Å²) in [6.45, 7) is 14.2. The van der Waals surface area contributed by atoms with Crippen LogP contribution in [0.25, 0.3) is 0 Å². The topological polar surface area (TPSA) is 12.5 Å². The van der Waals surface area contributed by atoms with Crippen molar-refractivity contribution in [2.75, 3.05) is 32.8 Å². The Bertz CT molecular complexity index is 213. The molecule has 0 atom stereocenters. The van der Waals surface area contributed by atoms with Crippen molar-refractivity contribution in [2.45, 2.75) is 66.2 Å². The minimum atomic E-state index is 0.766. The van der Waals surface area contributed by atoms with E-state index in [4.69, 9.17) is 4.74 Å². The van der Waals surface area contributed by atoms with Gasteiger partial charge in [0.05, 0.1) is 0 Å². The van der Waals surface area contributed by atoms with Gasteiger partial charge in [-0.1, -0.05) is 20.8 Å². The van der Waals surface area contributed by atoms with Crippen LogP contribution in [-0.4, -0.2) is 37.7 Å². The van der Waals surface area contributed by atoms with Crippen molar-refractivity contribution in [3.63, 3.8) is 0 Å². The maximum absolute atomic E-state index is 5.41. The fourth-order valence-electron chi connectivity index (χ4n) is 3.74. The van der Waals surface area contributed by atoms with Gasteiger partial charge in [0.1, 0.15) is 0 Å². The molecule has 114 valence electrons. The van der Waals surface area contributed by atoms with Gasteiger partial charge in [-0.15, -0.1) is 0 Å². The highest BCUT2D eigenvalue weighted by molar-refractivity contribution is 4.96. The number of piperidine rings is 1. The lowest BCUT2D eigenvalue weighted by atomic mass is 9.56. The molecule has 19 heavy (non-hydrogen) atoms. The van der Waals surface area contributed by atoms with Gasteiger partial charge in [-0.3, -0.25) is 0 Å². The smallest absolute Gasteiger partial charge is 0.0465 e. The number of hydrogen-bond acceptors (Lipinski definition) is 2. The Morgan fingerprint density at radius 1 is 1.11 bits per heavy atom. The number of likely N-dealkylation sites (tertiary alicyclic amines) is 1. The van der Waals surface area contributed by atoms with Crippen LogP contribution >= 0.6 is 0 Å². The second-order valence-electron chi connectivity index (χ2n) is 6.05. The molecular formula is C17H35NO. The zero-order valence-electron chi connectivity index (χ0n) is 13.7. The minimum Gasteiger partial charge on any atom is -0.382 e. The predicted molar refractivity (Wildman–Crippen MR) is 83.6 cm³/mol. The molecule has 2 nitrogen and oxygen atoms in total. The molecule has 0 unspecified atom stereocenters. The van der Waals surface area contributed by atoms with Gasteiger partial charge in [-0.25, -0.2) is 0 Å². The van der Waals surface area contributed by atoms with E-state index in [1.54, 1.807) is 0 Å². The average Bonchev–Trinajstić information content (AvgIpc) is 2.44. The molecule has 0 N–H and O–H groups in total. The lowest BCUT2D eigenvalue weighted by Crippen LogP contribution is -2.47. The first-order valence-corrected chi connectivity index (χ1v) is 8.58. The van der Waals surface area contributed by atoms with E-state index in [-0.39, 0.29) is 0 Å². The summed E-state index contributed by atoms with van der Waals surface area (Å²) in [7, 11) is 0. The summed E-state index contributed by atoms with van der Waals surface area (Å²) >= 11 is 0. The van der Waals surface area contributed by atoms with Crippen LogP contribution in [0.2, 0.25) is 0 Å². The van der Waals surface area contributed by atoms with Gasteiger partial charge in [0, 0.05) is 13.2 Å². The molecule has 1 heterocycles. The number of ether oxygens (including phenoxy) is 1. The monoisotopic (exact) mass is 269 g/mol. The fraction of sp³-hybridized carbons (Fsp3) is 1.00. The first-order chi connectivity index (χ1) is 9.28. The van der Waals surface area contributed by atoms with Crippen LogP contribution in [-0.2, 0) is 4.74 Å². The van der Waals surface area contributed by atoms with Crippen molar-refractivity contribution >= 4 is 0 Å². The van der Waals surface area contributed by atoms with E-state index in [0.29, 0.717) is 0 Å². The van der Waals surface area contributed by atoms with Gasteiger partial charge in [0.25, 0.3) is 0 Å². The Kier molecular flexibility index (Phi) is 8.01. The van der Waals surface area contributed by atoms with Crippen molar-refractivity contribution < 1.29 is 4.74 Å². The first kappa shape index (κ1) is 17.0. The Hall–Kier alpha value is -0.0800. The zero-order valence-corrected chi connectivity index (χ0v) is 13.7. The third kappa shape index (κ3) is 5.07. The molecule has 0 radical (unpaired) electrons. The molecule has 2 aliphatic rings. The predicted octanol–water partition coefficient (Wildman–Crippen LogP) is 4.34. The van der Waals surface area contributed by atoms with E-state index in [2.05, 4.69) is 18.7 Å². The van der Waals surface area contributed by atoms with E-state index in [0.717, 1.165) is 24.5 Å². The van der Waals surface area contributed by atoms with Crippen LogP contribution in [0.4, 0.5) is 0 Å². The highest BCUT2D eigenvalue weighted by Crippen LogP contribution is 2.53. The zero-order chi connectivity index (χ0) is 14.1. The summed E-state index contributed by atoms with van der Waals surface area (Å²) in [5.74, 6) is 1.02. The van der Waals surface area contributed by atoms with E-state index in [1.807, 2.05) is 13.8 Å². The summed E-state index contributed by atoms with van der Waals surface area (Å²) in [5.41, 5.74) is 0.766. The van der Waals surface area contributed by atoms with Crippen molar-refractivity contribution in [1.82, 2.24) is 4.90 Å². The number of rotatable bonds is 6. The van der Waals surface area contributed by atoms with Gasteiger partial charge in [-0.05, 0) is 76.4 Å². The summed E-state index contributed by atoms with van der Waals surface area (Å²) < 4.78 is 5.41. The maximum Gasteiger partial charge on any atom is 0.0465 e. The van der Waals surface area contributed by atoms with Crippen molar-refractivity contribution in [1.29, 1.82) is 0 Å². The van der Waals surface area contributed by atoms with E-state index >= 15 is 0 Å². The van der Waals surface area contributed by atoms with Gasteiger partial charge in [0.15, 0.2) is 0 Å². The molecule has 2 heteroatoms. The molecule has 2 rings (SSSR count). The van der Waals surface area contributed by atoms with Crippen LogP contribution in [0.3, 0.4) is 0 Å². The van der Waals surface area contributed by atoms with Crippen LogP contribution in [0.15, 0.2) is 0 Å². The summed E-state index contributed by atoms with van der Waals surface area (Å²) in [6, 6.07) is 0. The van der Waals surface area contributed by atoms with E-state index in [9.17, 15) is 0 Å². The fourth-order valence-corrected chi connectivity index (χ4v) is 3.74. The molecular weight excluding hydrogens is 234 g/mol. The van der Waals surface area contributed by atoms with E-state index in [1.165, 1.54) is 58.2 Å². The number of hydrogen-bond donors (Lipinski definition) is 0. The van der Waals surface area contributed by atoms with Gasteiger partial charge < -0.3 is 9.64 Å². The van der Waals surface area contributed by atoms with E-state index < -0.39 is 0 Å². The van der Waals surface area contributed by atoms with Crippen molar-refractivity contribution in [3.05, 3.63) is 0 Å². The standard InChI is InChI=1S/C15H29NO.C2H6/c1-3-16-9-7-15(8-10-16)12-14(13-15)6-5-11-17-4-2;1-2/h14H,3-13H2,1-2H3;1-2H3. The molecule has 1 saturated heterocycles. The van der Waals surface area contributed by atoms with Crippen molar-refractivity contribution in [2.24, 2.45) is 11.3 Å². The second-order valence-corrected chi connectivity index (χ2v) is 6.05. The summed E-state index contributed by atoms with van der Waals surface area (Å²) in [6.07, 6.45) is 8.62. The SMILES string of the molecule is CC.CCOCCCC1CC2(CCN(CC)CC2)C1. The molecule has 1 aliphatic carbocycles. The average molecular weight is 269 g/mol. The van der Waals surface area contributed by atoms with Crippen LogP contribution in [0, 0.1) is 11.3 Å². The highest BCUT2D eigenvalue weighted by atomic mass is 16.5. The molecule has 0 amide bonds. The van der Waals surface area contributed by atoms with Gasteiger partial charge >= 0.3 is 0 Å². The number of nitrogens with zero attached hydrogens (tertiary/aromatic N) is 1.